The number of halogens is 2. The van der Waals surface area contributed by atoms with Crippen LogP contribution in [0.3, 0.4) is 0 Å². The van der Waals surface area contributed by atoms with Crippen molar-refractivity contribution in [2.75, 3.05) is 0 Å². The molecular weight excluding hydrogens is 305 g/mol. The molecule has 0 fully saturated rings. The van der Waals surface area contributed by atoms with Crippen molar-refractivity contribution in [1.29, 1.82) is 0 Å². The van der Waals surface area contributed by atoms with E-state index in [1.807, 2.05) is 0 Å². The Morgan fingerprint density at radius 1 is 1.67 bits per heavy atom. The van der Waals surface area contributed by atoms with Gasteiger partial charge in [0.05, 0.1) is 13.1 Å². The molecule has 2 aromatic rings. The molecule has 0 aromatic carbocycles. The molecule has 0 unspecified atom stereocenters. The van der Waals surface area contributed by atoms with E-state index in [9.17, 15) is 0 Å². The second kappa shape index (κ2) is 3.12. The first-order valence-corrected chi connectivity index (χ1v) is 5.58. The molecule has 0 saturated carbocycles. The summed E-state index contributed by atoms with van der Waals surface area (Å²) in [6.45, 7) is 2.05. The smallest absolute Gasteiger partial charge is 0.130 e. The molecule has 61 valence electrons. The second-order valence-corrected chi connectivity index (χ2v) is 5.62. The number of rotatable bonds is 0. The van der Waals surface area contributed by atoms with Crippen molar-refractivity contribution in [3.63, 3.8) is 0 Å². The molecule has 0 aliphatic rings. The van der Waals surface area contributed by atoms with E-state index < -0.39 is 0 Å². The van der Waals surface area contributed by atoms with E-state index in [0.717, 1.165) is 10.2 Å². The molecule has 1 radical (unpaired) electrons. The average molecular weight is 309 g/mol. The van der Waals surface area contributed by atoms with Gasteiger partial charge in [-0.25, -0.2) is 4.98 Å². The van der Waals surface area contributed by atoms with Crippen molar-refractivity contribution in [2.45, 2.75) is 6.92 Å². The highest BCUT2D eigenvalue weighted by atomic mass is 127. The van der Waals surface area contributed by atoms with Crippen LogP contribution >= 0.6 is 45.5 Å². The van der Waals surface area contributed by atoms with Crippen molar-refractivity contribution < 1.29 is 0 Å². The maximum atomic E-state index is 5.76. The third-order valence-corrected chi connectivity index (χ3v) is 4.26. The zero-order chi connectivity index (χ0) is 8.72. The highest BCUT2D eigenvalue weighted by Gasteiger charge is 2.07. The maximum Gasteiger partial charge on any atom is 0.130 e. The summed E-state index contributed by atoms with van der Waals surface area (Å²) in [5.74, 6) is 0. The summed E-state index contributed by atoms with van der Waals surface area (Å²) in [7, 11) is 0. The van der Waals surface area contributed by atoms with Crippen LogP contribution in [-0.2, 0) is 0 Å². The van der Waals surface area contributed by atoms with Crippen molar-refractivity contribution in [1.82, 2.24) is 4.98 Å². The van der Waals surface area contributed by atoms with E-state index in [0.29, 0.717) is 5.15 Å². The number of hydrogen-bond donors (Lipinski definition) is 0. The van der Waals surface area contributed by atoms with Gasteiger partial charge in [0.15, 0.2) is 0 Å². The number of hydrogen-bond acceptors (Lipinski definition) is 2. The quantitative estimate of drug-likeness (QED) is 0.534. The molecule has 2 heterocycles. The summed E-state index contributed by atoms with van der Waals surface area (Å²) in [5.41, 5.74) is 2.19. The number of thiophene rings is 1. The third-order valence-electron chi connectivity index (χ3n) is 1.60. The zero-order valence-electron chi connectivity index (χ0n) is 6.19. The summed E-state index contributed by atoms with van der Waals surface area (Å²) in [6, 6.07) is 4.80. The summed E-state index contributed by atoms with van der Waals surface area (Å²) < 4.78 is 2.34. The van der Waals surface area contributed by atoms with E-state index >= 15 is 0 Å². The Bertz CT molecular complexity index is 438. The number of aromatic nitrogens is 1. The molecule has 1 nitrogen and oxygen atoms in total. The van der Waals surface area contributed by atoms with Crippen LogP contribution in [0.2, 0.25) is 5.15 Å². The summed E-state index contributed by atoms with van der Waals surface area (Å²) in [4.78, 5) is 4.24. The minimum atomic E-state index is 0.514. The van der Waals surface area contributed by atoms with E-state index in [1.54, 1.807) is 17.4 Å². The van der Waals surface area contributed by atoms with Crippen LogP contribution in [0.4, 0.5) is 0 Å². The molecule has 0 bridgehead atoms. The predicted molar refractivity (Wildman–Crippen MR) is 60.9 cm³/mol. The van der Waals surface area contributed by atoms with Crippen molar-refractivity contribution in [2.24, 2.45) is 0 Å². The van der Waals surface area contributed by atoms with Crippen LogP contribution in [0, 0.1) is 15.9 Å². The Hall–Kier alpha value is 0.130. The van der Waals surface area contributed by atoms with Gasteiger partial charge in [0.25, 0.3) is 0 Å². The number of nitrogens with zero attached hydrogens (tertiary/aromatic N) is 1. The zero-order valence-corrected chi connectivity index (χ0v) is 9.92. The Balaban J connectivity index is 2.88. The number of pyridine rings is 1. The highest BCUT2D eigenvalue weighted by Crippen LogP contribution is 2.30. The average Bonchev–Trinajstić information content (AvgIpc) is 2.31. The van der Waals surface area contributed by atoms with Gasteiger partial charge in [-0.3, -0.25) is 0 Å². The molecule has 0 amide bonds. The van der Waals surface area contributed by atoms with Gasteiger partial charge in [0.2, 0.25) is 0 Å². The Morgan fingerprint density at radius 3 is 3.17 bits per heavy atom. The predicted octanol–water partition coefficient (Wildman–Crippen LogP) is 3.66. The molecule has 12 heavy (non-hydrogen) atoms. The summed E-state index contributed by atoms with van der Waals surface area (Å²) >= 11 is 9.76. The molecule has 0 spiro atoms. The second-order valence-electron chi connectivity index (χ2n) is 2.40. The molecule has 0 atom stereocenters. The Morgan fingerprint density at radius 2 is 2.42 bits per heavy atom. The molecule has 4 heteroatoms. The van der Waals surface area contributed by atoms with Crippen LogP contribution in [0.1, 0.15) is 5.56 Å². The lowest BCUT2D eigenvalue weighted by atomic mass is 10.3. The molecular formula is C8H4ClINS. The van der Waals surface area contributed by atoms with Gasteiger partial charge in [-0.1, -0.05) is 11.6 Å². The SMILES string of the molecule is Cc1c(I)sc2[c]cc(Cl)nc12. The first-order chi connectivity index (χ1) is 5.68. The lowest BCUT2D eigenvalue weighted by Crippen LogP contribution is -1.77. The minimum Gasteiger partial charge on any atom is -0.235 e. The summed E-state index contributed by atoms with van der Waals surface area (Å²) in [5, 5.41) is 0.514. The van der Waals surface area contributed by atoms with Crippen molar-refractivity contribution in [3.05, 3.63) is 25.7 Å². The van der Waals surface area contributed by atoms with Crippen LogP contribution in [-0.4, -0.2) is 4.98 Å². The molecule has 0 aliphatic heterocycles. The highest BCUT2D eigenvalue weighted by molar-refractivity contribution is 14.1. The van der Waals surface area contributed by atoms with Gasteiger partial charge in [-0.2, -0.15) is 0 Å². The lowest BCUT2D eigenvalue weighted by molar-refractivity contribution is 1.38. The standard InChI is InChI=1S/C8H4ClINS/c1-4-7-5(12-8(4)10)2-3-6(9)11-7/h3H,1H3. The first-order valence-electron chi connectivity index (χ1n) is 3.31. The van der Waals surface area contributed by atoms with Gasteiger partial charge < -0.3 is 0 Å². The van der Waals surface area contributed by atoms with Crippen molar-refractivity contribution >= 4 is 55.7 Å². The molecule has 0 saturated heterocycles. The minimum absolute atomic E-state index is 0.514. The maximum absolute atomic E-state index is 5.76. The van der Waals surface area contributed by atoms with E-state index in [4.69, 9.17) is 11.6 Å². The largest absolute Gasteiger partial charge is 0.235 e. The van der Waals surface area contributed by atoms with Crippen LogP contribution < -0.4 is 0 Å². The topological polar surface area (TPSA) is 12.9 Å². The van der Waals surface area contributed by atoms with E-state index in [1.165, 1.54) is 8.45 Å². The van der Waals surface area contributed by atoms with Crippen LogP contribution in [0.25, 0.3) is 10.2 Å². The van der Waals surface area contributed by atoms with Gasteiger partial charge in [0, 0.05) is 6.07 Å². The summed E-state index contributed by atoms with van der Waals surface area (Å²) in [6.07, 6.45) is 0. The van der Waals surface area contributed by atoms with Gasteiger partial charge in [-0.05, 0) is 41.1 Å². The molecule has 0 N–H and O–H groups in total. The van der Waals surface area contributed by atoms with Crippen molar-refractivity contribution in [3.8, 4) is 0 Å². The molecule has 2 rings (SSSR count). The monoisotopic (exact) mass is 308 g/mol. The fourth-order valence-corrected chi connectivity index (χ4v) is 2.87. The van der Waals surface area contributed by atoms with Crippen LogP contribution in [0.5, 0.6) is 0 Å². The Kier molecular flexibility index (Phi) is 2.27. The molecule has 0 aliphatic carbocycles. The van der Waals surface area contributed by atoms with Gasteiger partial charge >= 0.3 is 0 Å². The fourth-order valence-electron chi connectivity index (χ4n) is 0.975. The third kappa shape index (κ3) is 1.34. The first kappa shape index (κ1) is 8.72. The van der Waals surface area contributed by atoms with Gasteiger partial charge in [-0.15, -0.1) is 11.3 Å². The number of fused-ring (bicyclic) bond motifs is 1. The normalized spacial score (nSPS) is 10.9. The van der Waals surface area contributed by atoms with Crippen LogP contribution in [0.15, 0.2) is 6.07 Å². The molecule has 2 aromatic heterocycles. The fraction of sp³-hybridized carbons (Fsp3) is 0.125. The van der Waals surface area contributed by atoms with E-state index in [-0.39, 0.29) is 0 Å². The Labute approximate surface area is 92.9 Å². The van der Waals surface area contributed by atoms with E-state index in [2.05, 4.69) is 40.6 Å². The van der Waals surface area contributed by atoms with Gasteiger partial charge in [0.1, 0.15) is 5.15 Å². The lowest BCUT2D eigenvalue weighted by Gasteiger charge is -1.90. The number of aryl methyl sites for hydroxylation is 1.